The molecular formula is C90H50F2N10. The van der Waals surface area contributed by atoms with Crippen LogP contribution in [-0.2, 0) is 0 Å². The summed E-state index contributed by atoms with van der Waals surface area (Å²) in [5.41, 5.74) is 20.1. The van der Waals surface area contributed by atoms with Crippen LogP contribution >= 0.6 is 0 Å². The lowest BCUT2D eigenvalue weighted by Crippen LogP contribution is -2.04. The first-order valence-electron chi connectivity index (χ1n) is 33.6. The van der Waals surface area contributed by atoms with Gasteiger partial charge in [0.2, 0.25) is 11.9 Å². The van der Waals surface area contributed by atoms with Crippen LogP contribution in [-0.4, -0.2) is 38.2 Å². The van der Waals surface area contributed by atoms with E-state index in [0.29, 0.717) is 38.9 Å². The van der Waals surface area contributed by atoms with Gasteiger partial charge in [0.05, 0.1) is 55.2 Å². The summed E-state index contributed by atoms with van der Waals surface area (Å²) in [6.07, 6.45) is 0. The molecule has 0 spiro atoms. The van der Waals surface area contributed by atoms with E-state index in [2.05, 4.69) is 233 Å². The second kappa shape index (κ2) is 22.7. The third kappa shape index (κ3) is 9.07. The van der Waals surface area contributed by atoms with Crippen LogP contribution in [0.15, 0.2) is 303 Å². The normalized spacial score (nSPS) is 11.8. The molecule has 0 saturated carbocycles. The maximum Gasteiger partial charge on any atom is 0.236 e. The highest BCUT2D eigenvalue weighted by Gasteiger charge is 2.23. The topological polar surface area (TPSA) is 119 Å². The number of aromatic nitrogens is 8. The van der Waals surface area contributed by atoms with E-state index < -0.39 is 11.6 Å². The summed E-state index contributed by atoms with van der Waals surface area (Å²) in [5.74, 6) is -0.332. The predicted octanol–water partition coefficient (Wildman–Crippen LogP) is 22.3. The summed E-state index contributed by atoms with van der Waals surface area (Å²) in [6, 6.07) is 107. The van der Waals surface area contributed by atoms with Crippen LogP contribution in [0, 0.1) is 34.3 Å². The first kappa shape index (κ1) is 58.0. The second-order valence-electron chi connectivity index (χ2n) is 25.9. The standard InChI is InChI=1S/C90H50F2N10/c91-62-33-40-77-74(48-62)79(51-93)97-89(95-77)101-83-23-10-6-19-67(83)72-44-57(31-41-85(72)101)60-30-39-70-66-18-5-9-22-82(66)100(88(70)47-60)64-36-27-55(28-37-64)56-15-12-16-61(43-56)71-49-75-78(50-76(71)92)96-90(98-80(75)52-94)102-84-24-11-7-20-68(84)73-45-58(32-42-86(73)102)59-29-38-69-65-17-4-8-21-81(65)99(87(69)46-59)63-34-25-54(26-35-63)53-13-2-1-3-14-53/h1-50H. The number of hydrogen-bond donors (Lipinski definition) is 0. The molecule has 474 valence electrons. The van der Waals surface area contributed by atoms with Crippen LogP contribution in [0.4, 0.5) is 8.78 Å². The lowest BCUT2D eigenvalue weighted by Gasteiger charge is -2.12. The molecule has 0 saturated heterocycles. The lowest BCUT2D eigenvalue weighted by molar-refractivity contribution is 0.629. The van der Waals surface area contributed by atoms with Gasteiger partial charge < -0.3 is 9.13 Å². The van der Waals surface area contributed by atoms with Gasteiger partial charge in [0.25, 0.3) is 0 Å². The van der Waals surface area contributed by atoms with Crippen molar-refractivity contribution in [1.82, 2.24) is 38.2 Å². The van der Waals surface area contributed by atoms with Crippen molar-refractivity contribution >= 4 is 109 Å². The van der Waals surface area contributed by atoms with Gasteiger partial charge in [0.15, 0.2) is 11.4 Å². The molecule has 10 nitrogen and oxygen atoms in total. The van der Waals surface area contributed by atoms with Gasteiger partial charge in [0, 0.05) is 76.9 Å². The molecule has 0 aliphatic rings. The van der Waals surface area contributed by atoms with E-state index in [1.807, 2.05) is 75.9 Å². The highest BCUT2D eigenvalue weighted by atomic mass is 19.1. The van der Waals surface area contributed by atoms with Crippen molar-refractivity contribution in [3.05, 3.63) is 326 Å². The Morgan fingerprint density at radius 3 is 1.16 bits per heavy atom. The van der Waals surface area contributed by atoms with Crippen molar-refractivity contribution in [2.45, 2.75) is 0 Å². The summed E-state index contributed by atoms with van der Waals surface area (Å²) in [5, 5.41) is 30.4. The highest BCUT2D eigenvalue weighted by molar-refractivity contribution is 6.15. The molecule has 20 rings (SSSR count). The smallest absolute Gasteiger partial charge is 0.236 e. The second-order valence-corrected chi connectivity index (χ2v) is 25.9. The van der Waals surface area contributed by atoms with Crippen molar-refractivity contribution in [3.8, 4) is 91.0 Å². The predicted molar refractivity (Wildman–Crippen MR) is 407 cm³/mol. The number of hydrogen-bond acceptors (Lipinski definition) is 6. The summed E-state index contributed by atoms with van der Waals surface area (Å²) in [7, 11) is 0. The van der Waals surface area contributed by atoms with Gasteiger partial charge in [0.1, 0.15) is 23.8 Å². The largest absolute Gasteiger partial charge is 0.309 e. The summed E-state index contributed by atoms with van der Waals surface area (Å²) < 4.78 is 39.9. The molecule has 12 heteroatoms. The molecule has 0 amide bonds. The molecule has 0 radical (unpaired) electrons. The molecule has 0 bridgehead atoms. The number of halogens is 2. The highest BCUT2D eigenvalue weighted by Crippen LogP contribution is 2.43. The van der Waals surface area contributed by atoms with Gasteiger partial charge >= 0.3 is 0 Å². The summed E-state index contributed by atoms with van der Waals surface area (Å²) >= 11 is 0. The van der Waals surface area contributed by atoms with Gasteiger partial charge in [-0.2, -0.15) is 10.5 Å². The van der Waals surface area contributed by atoms with Crippen molar-refractivity contribution < 1.29 is 8.78 Å². The molecule has 6 heterocycles. The van der Waals surface area contributed by atoms with E-state index in [1.54, 1.807) is 12.1 Å². The Labute approximate surface area is 580 Å². The Morgan fingerprint density at radius 1 is 0.245 bits per heavy atom. The Kier molecular flexibility index (Phi) is 12.9. The van der Waals surface area contributed by atoms with Gasteiger partial charge in [-0.3, -0.25) is 9.13 Å². The number of para-hydroxylation sites is 4. The Bertz CT molecular complexity index is 7050. The Morgan fingerprint density at radius 2 is 0.627 bits per heavy atom. The summed E-state index contributed by atoms with van der Waals surface area (Å²) in [6.45, 7) is 0. The molecule has 102 heavy (non-hydrogen) atoms. The molecule has 0 atom stereocenters. The molecule has 6 aromatic heterocycles. The minimum Gasteiger partial charge on any atom is -0.309 e. The molecule has 0 aliphatic heterocycles. The van der Waals surface area contributed by atoms with Gasteiger partial charge in [-0.25, -0.2) is 28.7 Å². The third-order valence-corrected chi connectivity index (χ3v) is 20.3. The first-order chi connectivity index (χ1) is 50.3. The zero-order chi connectivity index (χ0) is 67.8. The van der Waals surface area contributed by atoms with Crippen molar-refractivity contribution in [2.24, 2.45) is 0 Å². The van der Waals surface area contributed by atoms with Crippen LogP contribution in [0.5, 0.6) is 0 Å². The van der Waals surface area contributed by atoms with Crippen molar-refractivity contribution in [1.29, 1.82) is 10.5 Å². The fourth-order valence-electron chi connectivity index (χ4n) is 15.5. The number of nitriles is 2. The van der Waals surface area contributed by atoms with E-state index in [9.17, 15) is 14.9 Å². The molecule has 14 aromatic carbocycles. The fraction of sp³-hybridized carbons (Fsp3) is 0. The quantitative estimate of drug-likeness (QED) is 0.142. The molecule has 0 N–H and O–H groups in total. The van der Waals surface area contributed by atoms with E-state index in [-0.39, 0.29) is 17.3 Å². The zero-order valence-corrected chi connectivity index (χ0v) is 54.1. The van der Waals surface area contributed by atoms with Crippen molar-refractivity contribution in [2.75, 3.05) is 0 Å². The third-order valence-electron chi connectivity index (χ3n) is 20.3. The maximum absolute atomic E-state index is 17.0. The van der Waals surface area contributed by atoms with Crippen LogP contribution in [0.25, 0.3) is 188 Å². The van der Waals surface area contributed by atoms with Crippen LogP contribution in [0.3, 0.4) is 0 Å². The van der Waals surface area contributed by atoms with Crippen molar-refractivity contribution in [3.63, 3.8) is 0 Å². The van der Waals surface area contributed by atoms with E-state index >= 15 is 4.39 Å². The van der Waals surface area contributed by atoms with E-state index in [1.165, 1.54) is 34.5 Å². The zero-order valence-electron chi connectivity index (χ0n) is 54.1. The number of benzene rings is 14. The monoisotopic (exact) mass is 1310 g/mol. The molecule has 0 unspecified atom stereocenters. The summed E-state index contributed by atoms with van der Waals surface area (Å²) in [4.78, 5) is 19.5. The fourth-order valence-corrected chi connectivity index (χ4v) is 15.5. The average Bonchev–Trinajstić information content (AvgIpc) is 1.57. The van der Waals surface area contributed by atoms with Crippen LogP contribution in [0.1, 0.15) is 11.4 Å². The van der Waals surface area contributed by atoms with Gasteiger partial charge in [-0.15, -0.1) is 0 Å². The van der Waals surface area contributed by atoms with Crippen LogP contribution in [0.2, 0.25) is 0 Å². The molecular weight excluding hydrogens is 1260 g/mol. The number of nitrogens with zero attached hydrogens (tertiary/aromatic N) is 10. The Balaban J connectivity index is 0.619. The van der Waals surface area contributed by atoms with E-state index in [4.69, 9.17) is 15.0 Å². The van der Waals surface area contributed by atoms with Gasteiger partial charge in [-0.05, 0) is 165 Å². The minimum absolute atomic E-state index is 0.101. The van der Waals surface area contributed by atoms with Gasteiger partial charge in [-0.1, -0.05) is 182 Å². The number of rotatable bonds is 9. The molecule has 0 aliphatic carbocycles. The average molecular weight is 1310 g/mol. The Hall–Kier alpha value is -14.2. The van der Waals surface area contributed by atoms with E-state index in [0.717, 1.165) is 127 Å². The van der Waals surface area contributed by atoms with Crippen LogP contribution < -0.4 is 0 Å². The SMILES string of the molecule is N#Cc1nc(-n2c3ccccc3c3cc(-c4ccc5c6ccccc6n(-c6ccc(-c7cccc(-c8cc9c(C#N)nc(-n%10c%11ccccc%11c%11cc(-c%12ccc%13c%14ccccc%14n(-c%14ccc(-c%15ccccc%15)cc%14)c%13c%12)ccc%11%10)nc9cc8F)c7)cc6)c5c4)ccc32)nc2ccc(F)cc12. The lowest BCUT2D eigenvalue weighted by atomic mass is 9.97. The molecule has 20 aromatic rings. The first-order valence-corrected chi connectivity index (χ1v) is 33.6. The molecule has 0 fully saturated rings. The number of fused-ring (bicyclic) bond motifs is 14. The maximum atomic E-state index is 17.0. The minimum atomic E-state index is -0.474.